The van der Waals surface area contributed by atoms with Crippen LogP contribution in [-0.2, 0) is 7.05 Å². The average molecular weight is 232 g/mol. The molecule has 2 heterocycles. The first-order chi connectivity index (χ1) is 8.13. The SMILES string of the molecule is COc1cccnc1C(N)c1cc(C)n(C)n1. The van der Waals surface area contributed by atoms with Gasteiger partial charge in [-0.15, -0.1) is 0 Å². The van der Waals surface area contributed by atoms with Gasteiger partial charge in [0.05, 0.1) is 18.8 Å². The molecule has 0 amide bonds. The van der Waals surface area contributed by atoms with Crippen LogP contribution in [0.1, 0.15) is 23.1 Å². The van der Waals surface area contributed by atoms with E-state index < -0.39 is 0 Å². The lowest BCUT2D eigenvalue weighted by atomic mass is 10.1. The average Bonchev–Trinajstić information content (AvgIpc) is 2.68. The van der Waals surface area contributed by atoms with Gasteiger partial charge in [-0.1, -0.05) is 0 Å². The number of nitrogens with zero attached hydrogens (tertiary/aromatic N) is 3. The van der Waals surface area contributed by atoms with Crippen LogP contribution < -0.4 is 10.5 Å². The Labute approximate surface area is 100 Å². The predicted octanol–water partition coefficient (Wildman–Crippen LogP) is 1.18. The van der Waals surface area contributed by atoms with E-state index in [4.69, 9.17) is 10.5 Å². The highest BCUT2D eigenvalue weighted by Crippen LogP contribution is 2.25. The van der Waals surface area contributed by atoms with E-state index in [9.17, 15) is 0 Å². The van der Waals surface area contributed by atoms with Crippen LogP contribution in [0.4, 0.5) is 0 Å². The summed E-state index contributed by atoms with van der Waals surface area (Å²) >= 11 is 0. The maximum absolute atomic E-state index is 6.16. The minimum Gasteiger partial charge on any atom is -0.495 e. The second-order valence-corrected chi connectivity index (χ2v) is 3.90. The summed E-state index contributed by atoms with van der Waals surface area (Å²) in [4.78, 5) is 4.27. The van der Waals surface area contributed by atoms with E-state index >= 15 is 0 Å². The molecule has 1 atom stereocenters. The van der Waals surface area contributed by atoms with Crippen molar-refractivity contribution in [3.8, 4) is 5.75 Å². The van der Waals surface area contributed by atoms with Crippen molar-refractivity contribution in [2.75, 3.05) is 7.11 Å². The molecular formula is C12H16N4O. The summed E-state index contributed by atoms with van der Waals surface area (Å²) in [5.41, 5.74) is 8.71. The van der Waals surface area contributed by atoms with Gasteiger partial charge in [-0.05, 0) is 25.1 Å². The van der Waals surface area contributed by atoms with Gasteiger partial charge in [0.15, 0.2) is 0 Å². The number of hydrogen-bond acceptors (Lipinski definition) is 4. The number of ether oxygens (including phenoxy) is 1. The normalized spacial score (nSPS) is 12.5. The zero-order valence-corrected chi connectivity index (χ0v) is 10.2. The monoisotopic (exact) mass is 232 g/mol. The number of aryl methyl sites for hydroxylation is 2. The molecule has 5 nitrogen and oxygen atoms in total. The molecule has 2 rings (SSSR count). The Balaban J connectivity index is 2.39. The molecular weight excluding hydrogens is 216 g/mol. The lowest BCUT2D eigenvalue weighted by Crippen LogP contribution is -2.15. The summed E-state index contributed by atoms with van der Waals surface area (Å²) in [7, 11) is 3.50. The molecule has 0 fully saturated rings. The predicted molar refractivity (Wildman–Crippen MR) is 64.8 cm³/mol. The maximum atomic E-state index is 6.16. The minimum absolute atomic E-state index is 0.369. The van der Waals surface area contributed by atoms with Crippen molar-refractivity contribution >= 4 is 0 Å². The third kappa shape index (κ3) is 2.14. The van der Waals surface area contributed by atoms with E-state index in [0.717, 1.165) is 11.4 Å². The Morgan fingerprint density at radius 2 is 2.24 bits per heavy atom. The van der Waals surface area contributed by atoms with Crippen LogP contribution in [0.25, 0.3) is 0 Å². The topological polar surface area (TPSA) is 66.0 Å². The molecule has 0 radical (unpaired) electrons. The third-order valence-electron chi connectivity index (χ3n) is 2.77. The molecule has 0 aromatic carbocycles. The van der Waals surface area contributed by atoms with Gasteiger partial charge in [-0.2, -0.15) is 5.10 Å². The molecule has 2 aromatic rings. The molecule has 0 bridgehead atoms. The highest BCUT2D eigenvalue weighted by Gasteiger charge is 2.18. The molecule has 1 unspecified atom stereocenters. The van der Waals surface area contributed by atoms with Crippen molar-refractivity contribution in [3.05, 3.63) is 41.5 Å². The fourth-order valence-electron chi connectivity index (χ4n) is 1.69. The molecule has 5 heteroatoms. The van der Waals surface area contributed by atoms with Gasteiger partial charge >= 0.3 is 0 Å². The van der Waals surface area contributed by atoms with Gasteiger partial charge < -0.3 is 10.5 Å². The van der Waals surface area contributed by atoms with Crippen LogP contribution in [0.2, 0.25) is 0 Å². The van der Waals surface area contributed by atoms with E-state index in [1.165, 1.54) is 0 Å². The van der Waals surface area contributed by atoms with Crippen LogP contribution in [0, 0.1) is 6.92 Å². The van der Waals surface area contributed by atoms with Crippen molar-refractivity contribution in [2.24, 2.45) is 12.8 Å². The molecule has 0 saturated carbocycles. The quantitative estimate of drug-likeness (QED) is 0.863. The first kappa shape index (κ1) is 11.6. The Bertz CT molecular complexity index is 501. The Kier molecular flexibility index (Phi) is 3.10. The van der Waals surface area contributed by atoms with Crippen molar-refractivity contribution < 1.29 is 4.74 Å². The Hall–Kier alpha value is -1.88. The number of nitrogens with two attached hydrogens (primary N) is 1. The minimum atomic E-state index is -0.369. The summed E-state index contributed by atoms with van der Waals surface area (Å²) in [5, 5.41) is 4.36. The molecule has 2 aromatic heterocycles. The van der Waals surface area contributed by atoms with Gasteiger partial charge in [0.1, 0.15) is 11.4 Å². The number of hydrogen-bond donors (Lipinski definition) is 1. The summed E-state index contributed by atoms with van der Waals surface area (Å²) in [6, 6.07) is 5.25. The molecule has 0 saturated heterocycles. The number of rotatable bonds is 3. The summed E-state index contributed by atoms with van der Waals surface area (Å²) < 4.78 is 7.04. The highest BCUT2D eigenvalue weighted by atomic mass is 16.5. The Morgan fingerprint density at radius 1 is 1.47 bits per heavy atom. The van der Waals surface area contributed by atoms with Gasteiger partial charge in [0.25, 0.3) is 0 Å². The van der Waals surface area contributed by atoms with Crippen molar-refractivity contribution in [1.82, 2.24) is 14.8 Å². The smallest absolute Gasteiger partial charge is 0.142 e. The van der Waals surface area contributed by atoms with Gasteiger partial charge in [0.2, 0.25) is 0 Å². The summed E-state index contributed by atoms with van der Waals surface area (Å²) in [6.45, 7) is 1.98. The Morgan fingerprint density at radius 3 is 2.82 bits per heavy atom. The van der Waals surface area contributed by atoms with E-state index in [1.54, 1.807) is 18.0 Å². The number of pyridine rings is 1. The fraction of sp³-hybridized carbons (Fsp3) is 0.333. The second kappa shape index (κ2) is 4.55. The lowest BCUT2D eigenvalue weighted by molar-refractivity contribution is 0.404. The molecule has 2 N–H and O–H groups in total. The second-order valence-electron chi connectivity index (χ2n) is 3.90. The van der Waals surface area contributed by atoms with Crippen LogP contribution in [0.15, 0.2) is 24.4 Å². The van der Waals surface area contributed by atoms with Gasteiger partial charge in [0, 0.05) is 18.9 Å². The fourth-order valence-corrected chi connectivity index (χ4v) is 1.69. The molecule has 0 aliphatic heterocycles. The number of aromatic nitrogens is 3. The number of methoxy groups -OCH3 is 1. The highest BCUT2D eigenvalue weighted by molar-refractivity contribution is 5.34. The largest absolute Gasteiger partial charge is 0.495 e. The first-order valence-electron chi connectivity index (χ1n) is 5.38. The van der Waals surface area contributed by atoms with E-state index in [1.807, 2.05) is 32.2 Å². The van der Waals surface area contributed by atoms with Crippen molar-refractivity contribution in [1.29, 1.82) is 0 Å². The zero-order chi connectivity index (χ0) is 12.4. The van der Waals surface area contributed by atoms with Crippen LogP contribution in [0.3, 0.4) is 0 Å². The molecule has 0 aliphatic rings. The standard InChI is InChI=1S/C12H16N4O/c1-8-7-9(15-16(8)2)11(13)12-10(17-3)5-4-6-14-12/h4-7,11H,13H2,1-3H3. The maximum Gasteiger partial charge on any atom is 0.142 e. The van der Waals surface area contributed by atoms with Crippen LogP contribution in [0.5, 0.6) is 5.75 Å². The van der Waals surface area contributed by atoms with Gasteiger partial charge in [-0.25, -0.2) is 0 Å². The molecule has 17 heavy (non-hydrogen) atoms. The van der Waals surface area contributed by atoms with E-state index in [2.05, 4.69) is 10.1 Å². The summed E-state index contributed by atoms with van der Waals surface area (Å²) in [5.74, 6) is 0.684. The van der Waals surface area contributed by atoms with Crippen LogP contribution >= 0.6 is 0 Å². The molecule has 90 valence electrons. The lowest BCUT2D eigenvalue weighted by Gasteiger charge is -2.11. The molecule has 0 aliphatic carbocycles. The third-order valence-corrected chi connectivity index (χ3v) is 2.77. The van der Waals surface area contributed by atoms with Gasteiger partial charge in [-0.3, -0.25) is 9.67 Å². The van der Waals surface area contributed by atoms with Crippen LogP contribution in [-0.4, -0.2) is 21.9 Å². The van der Waals surface area contributed by atoms with E-state index in [-0.39, 0.29) is 6.04 Å². The zero-order valence-electron chi connectivity index (χ0n) is 10.2. The molecule has 0 spiro atoms. The van der Waals surface area contributed by atoms with Crippen molar-refractivity contribution in [2.45, 2.75) is 13.0 Å². The first-order valence-corrected chi connectivity index (χ1v) is 5.38. The van der Waals surface area contributed by atoms with Crippen molar-refractivity contribution in [3.63, 3.8) is 0 Å². The summed E-state index contributed by atoms with van der Waals surface area (Å²) in [6.07, 6.45) is 1.70. The van der Waals surface area contributed by atoms with E-state index in [0.29, 0.717) is 11.4 Å².